The zero-order valence-electron chi connectivity index (χ0n) is 6.95. The van der Waals surface area contributed by atoms with Gasteiger partial charge in [0.25, 0.3) is 0 Å². The Labute approximate surface area is 83.2 Å². The molecular weight excluding hydrogens is 208 g/mol. The molecule has 76 valence electrons. The van der Waals surface area contributed by atoms with Crippen LogP contribution in [0.3, 0.4) is 0 Å². The molecule has 1 aromatic rings. The number of rotatable bonds is 4. The largest absolute Gasteiger partial charge is 0.479 e. The quantitative estimate of drug-likeness (QED) is 0.618. The van der Waals surface area contributed by atoms with Crippen LogP contribution in [0.4, 0.5) is 0 Å². The van der Waals surface area contributed by atoms with Crippen molar-refractivity contribution in [1.29, 1.82) is 0 Å². The van der Waals surface area contributed by atoms with Crippen LogP contribution in [-0.2, 0) is 4.79 Å². The first-order chi connectivity index (χ1) is 6.57. The summed E-state index contributed by atoms with van der Waals surface area (Å²) in [6.07, 6.45) is -2.98. The zero-order chi connectivity index (χ0) is 10.7. The number of carboxylic acids is 1. The van der Waals surface area contributed by atoms with Crippen molar-refractivity contribution in [3.8, 4) is 0 Å². The van der Waals surface area contributed by atoms with E-state index >= 15 is 0 Å². The minimum atomic E-state index is -1.91. The van der Waals surface area contributed by atoms with Crippen molar-refractivity contribution in [2.75, 3.05) is 0 Å². The Hall–Kier alpha value is -1.24. The zero-order valence-corrected chi connectivity index (χ0v) is 7.77. The fraction of sp³-hybridized carbons (Fsp3) is 0.250. The van der Waals surface area contributed by atoms with Gasteiger partial charge >= 0.3 is 5.97 Å². The molecule has 0 aliphatic carbocycles. The van der Waals surface area contributed by atoms with Gasteiger partial charge in [-0.1, -0.05) is 0 Å². The number of carbonyl (C=O) groups excluding carboxylic acids is 1. The number of aliphatic hydroxyl groups is 2. The predicted octanol–water partition coefficient (Wildman–Crippen LogP) is 0.0395. The monoisotopic (exact) mass is 216 g/mol. The van der Waals surface area contributed by atoms with Crippen LogP contribution in [0.1, 0.15) is 22.0 Å². The van der Waals surface area contributed by atoms with Crippen molar-refractivity contribution in [3.63, 3.8) is 0 Å². The Morgan fingerprint density at radius 3 is 2.57 bits per heavy atom. The third kappa shape index (κ3) is 1.98. The first-order valence-electron chi connectivity index (χ1n) is 3.68. The molecule has 0 aliphatic rings. The molecule has 1 heterocycles. The molecule has 2 atom stereocenters. The van der Waals surface area contributed by atoms with E-state index in [1.807, 2.05) is 0 Å². The second-order valence-corrected chi connectivity index (χ2v) is 3.37. The second-order valence-electron chi connectivity index (χ2n) is 2.63. The van der Waals surface area contributed by atoms with Crippen LogP contribution in [0.25, 0.3) is 0 Å². The maximum atomic E-state index is 10.5. The highest BCUT2D eigenvalue weighted by Crippen LogP contribution is 2.23. The molecule has 0 aliphatic heterocycles. The third-order valence-electron chi connectivity index (χ3n) is 1.72. The topological polar surface area (TPSA) is 94.8 Å². The van der Waals surface area contributed by atoms with E-state index in [-0.39, 0.29) is 11.1 Å². The number of hydrogen-bond acceptors (Lipinski definition) is 5. The molecule has 3 N–H and O–H groups in total. The Morgan fingerprint density at radius 1 is 1.43 bits per heavy atom. The molecule has 14 heavy (non-hydrogen) atoms. The van der Waals surface area contributed by atoms with E-state index in [4.69, 9.17) is 10.2 Å². The first-order valence-corrected chi connectivity index (χ1v) is 4.62. The van der Waals surface area contributed by atoms with Gasteiger partial charge in [-0.15, -0.1) is 0 Å². The van der Waals surface area contributed by atoms with Crippen LogP contribution in [0.15, 0.2) is 10.8 Å². The molecule has 0 aromatic carbocycles. The number of aldehydes is 1. The fourth-order valence-electron chi connectivity index (χ4n) is 0.958. The molecule has 6 heteroatoms. The second kappa shape index (κ2) is 4.32. The maximum Gasteiger partial charge on any atom is 0.335 e. The van der Waals surface area contributed by atoms with Gasteiger partial charge in [-0.25, -0.2) is 4.79 Å². The van der Waals surface area contributed by atoms with E-state index < -0.39 is 18.2 Å². The summed E-state index contributed by atoms with van der Waals surface area (Å²) in [5.41, 5.74) is 0.336. The number of carboxylic acid groups (broad SMARTS) is 1. The van der Waals surface area contributed by atoms with Gasteiger partial charge in [-0.2, -0.15) is 11.3 Å². The summed E-state index contributed by atoms with van der Waals surface area (Å²) < 4.78 is 0. The van der Waals surface area contributed by atoms with E-state index in [0.29, 0.717) is 6.29 Å². The highest BCUT2D eigenvalue weighted by molar-refractivity contribution is 7.08. The highest BCUT2D eigenvalue weighted by atomic mass is 32.1. The molecule has 0 saturated heterocycles. The summed E-state index contributed by atoms with van der Waals surface area (Å²) in [6, 6.07) is 0. The minimum Gasteiger partial charge on any atom is -0.479 e. The number of carbonyl (C=O) groups is 2. The SMILES string of the molecule is O=Cc1cscc1C(O)C(O)C(=O)O. The lowest BCUT2D eigenvalue weighted by Gasteiger charge is -2.12. The van der Waals surface area contributed by atoms with E-state index in [1.54, 1.807) is 0 Å². The summed E-state index contributed by atoms with van der Waals surface area (Å²) in [7, 11) is 0. The molecule has 0 spiro atoms. The van der Waals surface area contributed by atoms with Gasteiger partial charge in [0.1, 0.15) is 6.10 Å². The van der Waals surface area contributed by atoms with E-state index in [9.17, 15) is 14.7 Å². The van der Waals surface area contributed by atoms with Crippen LogP contribution < -0.4 is 0 Å². The Kier molecular flexibility index (Phi) is 3.34. The predicted molar refractivity (Wildman–Crippen MR) is 48.3 cm³/mol. The Bertz CT molecular complexity index is 345. The van der Waals surface area contributed by atoms with Crippen molar-refractivity contribution in [3.05, 3.63) is 21.9 Å². The van der Waals surface area contributed by atoms with Crippen molar-refractivity contribution >= 4 is 23.6 Å². The molecule has 0 amide bonds. The third-order valence-corrected chi connectivity index (χ3v) is 2.50. The summed E-state index contributed by atoms with van der Waals surface area (Å²) in [6.45, 7) is 0. The van der Waals surface area contributed by atoms with E-state index in [0.717, 1.165) is 11.3 Å². The average Bonchev–Trinajstić information content (AvgIpc) is 2.62. The van der Waals surface area contributed by atoms with Gasteiger partial charge in [-0.3, -0.25) is 4.79 Å². The molecule has 2 unspecified atom stereocenters. The first kappa shape index (κ1) is 10.8. The van der Waals surface area contributed by atoms with Crippen molar-refractivity contribution in [2.24, 2.45) is 0 Å². The van der Waals surface area contributed by atoms with Gasteiger partial charge in [-0.05, 0) is 5.38 Å². The number of aliphatic carboxylic acids is 1. The average molecular weight is 216 g/mol. The minimum absolute atomic E-state index is 0.139. The van der Waals surface area contributed by atoms with Gasteiger partial charge in [0, 0.05) is 16.5 Å². The maximum absolute atomic E-state index is 10.5. The lowest BCUT2D eigenvalue weighted by atomic mass is 10.0. The molecule has 0 radical (unpaired) electrons. The lowest BCUT2D eigenvalue weighted by molar-refractivity contribution is -0.153. The van der Waals surface area contributed by atoms with Crippen LogP contribution in [0.2, 0.25) is 0 Å². The standard InChI is InChI=1S/C8H8O5S/c9-1-4-2-14-3-5(4)6(10)7(11)8(12)13/h1-3,6-7,10-11H,(H,12,13). The van der Waals surface area contributed by atoms with Gasteiger partial charge in [0.05, 0.1) is 0 Å². The molecule has 0 bridgehead atoms. The number of thiophene rings is 1. The van der Waals surface area contributed by atoms with E-state index in [2.05, 4.69) is 0 Å². The van der Waals surface area contributed by atoms with Crippen molar-refractivity contribution in [1.82, 2.24) is 0 Å². The van der Waals surface area contributed by atoms with Gasteiger partial charge < -0.3 is 15.3 Å². The molecule has 1 rings (SSSR count). The van der Waals surface area contributed by atoms with Crippen molar-refractivity contribution in [2.45, 2.75) is 12.2 Å². The molecule has 5 nitrogen and oxygen atoms in total. The normalized spacial score (nSPS) is 14.7. The van der Waals surface area contributed by atoms with E-state index in [1.165, 1.54) is 10.8 Å². The molecule has 1 aromatic heterocycles. The smallest absolute Gasteiger partial charge is 0.335 e. The van der Waals surface area contributed by atoms with Crippen LogP contribution >= 0.6 is 11.3 Å². The Morgan fingerprint density at radius 2 is 2.07 bits per heavy atom. The van der Waals surface area contributed by atoms with Crippen molar-refractivity contribution < 1.29 is 24.9 Å². The van der Waals surface area contributed by atoms with Gasteiger partial charge in [0.2, 0.25) is 0 Å². The fourth-order valence-corrected chi connectivity index (χ4v) is 1.79. The van der Waals surface area contributed by atoms with Crippen LogP contribution in [-0.4, -0.2) is 33.7 Å². The van der Waals surface area contributed by atoms with Crippen LogP contribution in [0.5, 0.6) is 0 Å². The summed E-state index contributed by atoms with van der Waals surface area (Å²) >= 11 is 1.15. The molecule has 0 saturated carbocycles. The molecular formula is C8H8O5S. The lowest BCUT2D eigenvalue weighted by Crippen LogP contribution is -2.27. The van der Waals surface area contributed by atoms with Crippen LogP contribution in [0, 0.1) is 0 Å². The molecule has 0 fully saturated rings. The number of aliphatic hydroxyl groups excluding tert-OH is 2. The highest BCUT2D eigenvalue weighted by Gasteiger charge is 2.27. The van der Waals surface area contributed by atoms with Gasteiger partial charge in [0.15, 0.2) is 12.4 Å². The summed E-state index contributed by atoms with van der Waals surface area (Å²) in [5, 5.41) is 29.7. The Balaban J connectivity index is 2.93. The number of hydrogen-bond donors (Lipinski definition) is 3. The summed E-state index contributed by atoms with van der Waals surface area (Å²) in [5.74, 6) is -1.53. The summed E-state index contributed by atoms with van der Waals surface area (Å²) in [4.78, 5) is 20.8.